The number of carbonyl (C=O) groups is 3. The van der Waals surface area contributed by atoms with E-state index in [4.69, 9.17) is 10.8 Å². The molecule has 0 saturated heterocycles. The van der Waals surface area contributed by atoms with Crippen LogP contribution in [-0.4, -0.2) is 41.6 Å². The summed E-state index contributed by atoms with van der Waals surface area (Å²) in [6.07, 6.45) is 2.78. The van der Waals surface area contributed by atoms with Crippen LogP contribution in [0.2, 0.25) is 0 Å². The molecular weight excluding hydrogens is 252 g/mol. The Morgan fingerprint density at radius 3 is 2.58 bits per heavy atom. The average Bonchev–Trinajstić information content (AvgIpc) is 2.38. The number of rotatable bonds is 5. The number of carboxylic acid groups (broad SMARTS) is 1. The zero-order valence-corrected chi connectivity index (χ0v) is 10.9. The van der Waals surface area contributed by atoms with Crippen LogP contribution in [0.5, 0.6) is 0 Å². The number of hydrogen-bond acceptors (Lipinski definition) is 5. The molecule has 7 heteroatoms. The summed E-state index contributed by atoms with van der Waals surface area (Å²) in [5, 5.41) is 11.6. The second kappa shape index (κ2) is 7.08. The van der Waals surface area contributed by atoms with Gasteiger partial charge >= 0.3 is 11.9 Å². The average molecular weight is 272 g/mol. The van der Waals surface area contributed by atoms with Crippen molar-refractivity contribution in [1.82, 2.24) is 5.32 Å². The topological polar surface area (TPSA) is 119 Å². The summed E-state index contributed by atoms with van der Waals surface area (Å²) in [7, 11) is 0. The van der Waals surface area contributed by atoms with E-state index < -0.39 is 35.8 Å². The Hall–Kier alpha value is -1.63. The van der Waals surface area contributed by atoms with E-state index in [1.807, 2.05) is 0 Å². The van der Waals surface area contributed by atoms with Crippen LogP contribution < -0.4 is 11.1 Å². The molecule has 3 atom stereocenters. The molecule has 108 valence electrons. The number of amides is 1. The Balaban J connectivity index is 2.58. The number of esters is 1. The van der Waals surface area contributed by atoms with Gasteiger partial charge < -0.3 is 20.9 Å². The maximum absolute atomic E-state index is 11.8. The van der Waals surface area contributed by atoms with Crippen LogP contribution in [0.4, 0.5) is 0 Å². The smallest absolute Gasteiger partial charge is 0.332 e. The van der Waals surface area contributed by atoms with E-state index in [0.29, 0.717) is 12.8 Å². The molecule has 0 heterocycles. The molecule has 7 nitrogen and oxygen atoms in total. The number of ether oxygens (including phenoxy) is 1. The Morgan fingerprint density at radius 2 is 2.00 bits per heavy atom. The lowest BCUT2D eigenvalue weighted by molar-refractivity contribution is -0.148. The van der Waals surface area contributed by atoms with Crippen LogP contribution in [0.3, 0.4) is 0 Å². The number of hydrogen-bond donors (Lipinski definition) is 3. The SMILES string of the molecule is CCOC(=O)C(N)C(=O)NC1CCCCC1C(=O)O. The van der Waals surface area contributed by atoms with Gasteiger partial charge in [-0.05, 0) is 19.8 Å². The molecule has 1 rings (SSSR count). The zero-order valence-electron chi connectivity index (χ0n) is 10.9. The van der Waals surface area contributed by atoms with Gasteiger partial charge in [0.1, 0.15) is 0 Å². The molecule has 1 amide bonds. The number of nitrogens with two attached hydrogens (primary N) is 1. The molecule has 0 aromatic carbocycles. The van der Waals surface area contributed by atoms with Crippen molar-refractivity contribution in [1.29, 1.82) is 0 Å². The van der Waals surface area contributed by atoms with E-state index in [0.717, 1.165) is 12.8 Å². The van der Waals surface area contributed by atoms with Crippen molar-refractivity contribution in [3.63, 3.8) is 0 Å². The fourth-order valence-corrected chi connectivity index (χ4v) is 2.21. The Labute approximate surface area is 111 Å². The first-order valence-electron chi connectivity index (χ1n) is 6.42. The zero-order chi connectivity index (χ0) is 14.4. The van der Waals surface area contributed by atoms with Gasteiger partial charge in [-0.15, -0.1) is 0 Å². The minimum absolute atomic E-state index is 0.140. The molecule has 1 aliphatic carbocycles. The fourth-order valence-electron chi connectivity index (χ4n) is 2.21. The highest BCUT2D eigenvalue weighted by Crippen LogP contribution is 2.24. The molecule has 0 radical (unpaired) electrons. The van der Waals surface area contributed by atoms with Crippen LogP contribution in [0, 0.1) is 5.92 Å². The van der Waals surface area contributed by atoms with Crippen LogP contribution in [-0.2, 0) is 19.1 Å². The van der Waals surface area contributed by atoms with Crippen LogP contribution >= 0.6 is 0 Å². The van der Waals surface area contributed by atoms with Gasteiger partial charge in [0.15, 0.2) is 6.04 Å². The predicted molar refractivity (Wildman–Crippen MR) is 66.1 cm³/mol. The second-order valence-corrected chi connectivity index (χ2v) is 4.57. The van der Waals surface area contributed by atoms with Gasteiger partial charge in [-0.25, -0.2) is 4.79 Å². The molecule has 1 saturated carbocycles. The van der Waals surface area contributed by atoms with E-state index in [1.54, 1.807) is 6.92 Å². The van der Waals surface area contributed by atoms with E-state index >= 15 is 0 Å². The molecule has 0 bridgehead atoms. The van der Waals surface area contributed by atoms with Gasteiger partial charge in [0, 0.05) is 6.04 Å². The summed E-state index contributed by atoms with van der Waals surface area (Å²) < 4.78 is 4.65. The second-order valence-electron chi connectivity index (χ2n) is 4.57. The van der Waals surface area contributed by atoms with Gasteiger partial charge in [-0.3, -0.25) is 9.59 Å². The third-order valence-corrected chi connectivity index (χ3v) is 3.23. The molecule has 4 N–H and O–H groups in total. The van der Waals surface area contributed by atoms with E-state index in [-0.39, 0.29) is 6.61 Å². The third kappa shape index (κ3) is 4.20. The van der Waals surface area contributed by atoms with Crippen LogP contribution in [0.15, 0.2) is 0 Å². The predicted octanol–water partition coefficient (Wildman–Crippen LogP) is -0.364. The van der Waals surface area contributed by atoms with Crippen molar-refractivity contribution in [2.75, 3.05) is 6.61 Å². The Bertz CT molecular complexity index is 358. The van der Waals surface area contributed by atoms with Gasteiger partial charge in [0.25, 0.3) is 0 Å². The maximum atomic E-state index is 11.8. The van der Waals surface area contributed by atoms with E-state index in [9.17, 15) is 14.4 Å². The molecule has 19 heavy (non-hydrogen) atoms. The number of aliphatic carboxylic acids is 1. The highest BCUT2D eigenvalue weighted by Gasteiger charge is 2.34. The van der Waals surface area contributed by atoms with Gasteiger partial charge in [-0.2, -0.15) is 0 Å². The fraction of sp³-hybridized carbons (Fsp3) is 0.750. The summed E-state index contributed by atoms with van der Waals surface area (Å²) in [5.41, 5.74) is 5.45. The normalized spacial score (nSPS) is 24.3. The summed E-state index contributed by atoms with van der Waals surface area (Å²) in [5.74, 6) is -3.04. The van der Waals surface area contributed by atoms with E-state index in [1.165, 1.54) is 0 Å². The standard InChI is InChI=1S/C12H20N2O5/c1-2-19-12(18)9(13)10(15)14-8-6-4-3-5-7(8)11(16)17/h7-9H,2-6,13H2,1H3,(H,14,15)(H,16,17). The number of carboxylic acids is 1. The van der Waals surface area contributed by atoms with Crippen molar-refractivity contribution >= 4 is 17.8 Å². The number of nitrogens with one attached hydrogen (secondary N) is 1. The molecule has 0 spiro atoms. The van der Waals surface area contributed by atoms with Gasteiger partial charge in [-0.1, -0.05) is 12.8 Å². The molecular formula is C12H20N2O5. The van der Waals surface area contributed by atoms with Crippen molar-refractivity contribution in [2.45, 2.75) is 44.7 Å². The highest BCUT2D eigenvalue weighted by molar-refractivity contribution is 6.01. The summed E-state index contributed by atoms with van der Waals surface area (Å²) in [6.45, 7) is 1.76. The minimum Gasteiger partial charge on any atom is -0.481 e. The molecule has 0 aromatic rings. The van der Waals surface area contributed by atoms with Crippen LogP contribution in [0.1, 0.15) is 32.6 Å². The van der Waals surface area contributed by atoms with Crippen molar-refractivity contribution in [2.24, 2.45) is 11.7 Å². The summed E-state index contributed by atoms with van der Waals surface area (Å²) in [6, 6.07) is -1.88. The Kier molecular flexibility index (Phi) is 5.75. The molecule has 1 aliphatic rings. The van der Waals surface area contributed by atoms with Crippen LogP contribution in [0.25, 0.3) is 0 Å². The highest BCUT2D eigenvalue weighted by atomic mass is 16.5. The first-order chi connectivity index (χ1) is 8.97. The number of carbonyl (C=O) groups excluding carboxylic acids is 2. The quantitative estimate of drug-likeness (QED) is 0.464. The lowest BCUT2D eigenvalue weighted by atomic mass is 9.84. The lowest BCUT2D eigenvalue weighted by Gasteiger charge is -2.29. The third-order valence-electron chi connectivity index (χ3n) is 3.23. The van der Waals surface area contributed by atoms with Crippen molar-refractivity contribution < 1.29 is 24.2 Å². The first kappa shape index (κ1) is 15.4. The minimum atomic E-state index is -1.41. The first-order valence-corrected chi connectivity index (χ1v) is 6.42. The summed E-state index contributed by atoms with van der Waals surface area (Å²) in [4.78, 5) is 34.2. The molecule has 3 unspecified atom stereocenters. The molecule has 0 aliphatic heterocycles. The Morgan fingerprint density at radius 1 is 1.37 bits per heavy atom. The molecule has 0 aromatic heterocycles. The van der Waals surface area contributed by atoms with Gasteiger partial charge in [0.05, 0.1) is 12.5 Å². The monoisotopic (exact) mass is 272 g/mol. The van der Waals surface area contributed by atoms with E-state index in [2.05, 4.69) is 10.1 Å². The maximum Gasteiger partial charge on any atom is 0.332 e. The van der Waals surface area contributed by atoms with Crippen molar-refractivity contribution in [3.8, 4) is 0 Å². The van der Waals surface area contributed by atoms with Gasteiger partial charge in [0.2, 0.25) is 5.91 Å². The lowest BCUT2D eigenvalue weighted by Crippen LogP contribution is -2.53. The summed E-state index contributed by atoms with van der Waals surface area (Å²) >= 11 is 0. The van der Waals surface area contributed by atoms with Crippen molar-refractivity contribution in [3.05, 3.63) is 0 Å². The largest absolute Gasteiger partial charge is 0.481 e. The molecule has 1 fully saturated rings.